The molecule has 152 valence electrons. The molecule has 2 aromatic rings. The second-order valence-corrected chi connectivity index (χ2v) is 8.89. The van der Waals surface area contributed by atoms with E-state index < -0.39 is 12.1 Å². The van der Waals surface area contributed by atoms with E-state index in [-0.39, 0.29) is 0 Å². The molecule has 0 aliphatic heterocycles. The number of rotatable bonds is 8. The standard InChI is InChI=1S/C22H19Br2IO4/c1-2-28-21(22(26)27)13-16-7-8-20(19(25)12-16)29-9-5-3-4-6-15-10-17(23)14-18(24)11-15/h3,5,7-8,10-12,14,21H,2,9,13H2,1H3,(H,26,27)/t21-/m0/s1. The summed E-state index contributed by atoms with van der Waals surface area (Å²) in [5, 5.41) is 9.20. The van der Waals surface area contributed by atoms with Crippen molar-refractivity contribution in [2.75, 3.05) is 13.2 Å². The van der Waals surface area contributed by atoms with Gasteiger partial charge in [0.25, 0.3) is 0 Å². The molecule has 0 aromatic heterocycles. The summed E-state index contributed by atoms with van der Waals surface area (Å²) >= 11 is 9.06. The van der Waals surface area contributed by atoms with E-state index in [2.05, 4.69) is 66.3 Å². The zero-order chi connectivity index (χ0) is 21.2. The van der Waals surface area contributed by atoms with Crippen LogP contribution < -0.4 is 4.74 Å². The molecule has 0 aliphatic rings. The van der Waals surface area contributed by atoms with Crippen LogP contribution in [0.2, 0.25) is 0 Å². The third-order valence-corrected chi connectivity index (χ3v) is 5.43. The molecule has 0 fully saturated rings. The molecule has 0 bridgehead atoms. The van der Waals surface area contributed by atoms with E-state index in [0.717, 1.165) is 29.4 Å². The number of hydrogen-bond donors (Lipinski definition) is 1. The van der Waals surface area contributed by atoms with E-state index >= 15 is 0 Å². The molecule has 0 saturated carbocycles. The number of hydrogen-bond acceptors (Lipinski definition) is 3. The van der Waals surface area contributed by atoms with Crippen LogP contribution in [0.4, 0.5) is 0 Å². The summed E-state index contributed by atoms with van der Waals surface area (Å²) in [6.45, 7) is 2.54. The third-order valence-electron chi connectivity index (χ3n) is 3.68. The zero-order valence-electron chi connectivity index (χ0n) is 15.6. The maximum atomic E-state index is 11.2. The molecule has 1 atom stereocenters. The van der Waals surface area contributed by atoms with E-state index in [1.807, 2.05) is 42.5 Å². The van der Waals surface area contributed by atoms with Crippen molar-refractivity contribution in [1.82, 2.24) is 0 Å². The number of benzene rings is 2. The molecule has 0 heterocycles. The van der Waals surface area contributed by atoms with Gasteiger partial charge >= 0.3 is 5.97 Å². The number of aliphatic carboxylic acids is 1. The van der Waals surface area contributed by atoms with Crippen LogP contribution in [-0.4, -0.2) is 30.4 Å². The number of ether oxygens (including phenoxy) is 2. The molecular formula is C22H19Br2IO4. The molecule has 2 rings (SSSR count). The Morgan fingerprint density at radius 1 is 1.24 bits per heavy atom. The molecule has 0 aliphatic carbocycles. The highest BCUT2D eigenvalue weighted by atomic mass is 127. The van der Waals surface area contributed by atoms with Gasteiger partial charge in [-0.05, 0) is 77.6 Å². The maximum absolute atomic E-state index is 11.2. The van der Waals surface area contributed by atoms with Crippen LogP contribution in [0, 0.1) is 15.4 Å². The fraction of sp³-hybridized carbons (Fsp3) is 0.227. The number of carbonyl (C=O) groups is 1. The second kappa shape index (κ2) is 12.4. The highest BCUT2D eigenvalue weighted by Crippen LogP contribution is 2.23. The van der Waals surface area contributed by atoms with Gasteiger partial charge in [-0.1, -0.05) is 49.8 Å². The largest absolute Gasteiger partial charge is 0.488 e. The van der Waals surface area contributed by atoms with Crippen molar-refractivity contribution < 1.29 is 19.4 Å². The fourth-order valence-electron chi connectivity index (χ4n) is 2.42. The third kappa shape index (κ3) is 8.51. The highest BCUT2D eigenvalue weighted by molar-refractivity contribution is 14.1. The predicted octanol–water partition coefficient (Wildman–Crippen LogP) is 5.84. The average Bonchev–Trinajstić information content (AvgIpc) is 2.64. The van der Waals surface area contributed by atoms with Gasteiger partial charge in [-0.3, -0.25) is 0 Å². The Kier molecular flexibility index (Phi) is 10.2. The molecule has 29 heavy (non-hydrogen) atoms. The van der Waals surface area contributed by atoms with Crippen LogP contribution in [0.5, 0.6) is 5.75 Å². The topological polar surface area (TPSA) is 55.8 Å². The number of carboxylic acids is 1. The summed E-state index contributed by atoms with van der Waals surface area (Å²) in [6.07, 6.45) is 3.09. The normalized spacial score (nSPS) is 11.7. The SMILES string of the molecule is CCO[C@@H](Cc1ccc(OCC=CC#Cc2cc(Br)cc(Br)c2)c(I)c1)C(=O)O. The molecule has 0 saturated heterocycles. The minimum absolute atomic E-state index is 0.320. The van der Waals surface area contributed by atoms with Crippen LogP contribution in [0.25, 0.3) is 0 Å². The van der Waals surface area contributed by atoms with Crippen LogP contribution in [0.15, 0.2) is 57.5 Å². The van der Waals surface area contributed by atoms with E-state index in [4.69, 9.17) is 9.47 Å². The lowest BCUT2D eigenvalue weighted by atomic mass is 10.1. The summed E-state index contributed by atoms with van der Waals surface area (Å²) in [5.74, 6) is 5.84. The first kappa shape index (κ1) is 23.9. The Balaban J connectivity index is 1.90. The van der Waals surface area contributed by atoms with E-state index in [9.17, 15) is 9.90 Å². The Morgan fingerprint density at radius 3 is 2.59 bits per heavy atom. The van der Waals surface area contributed by atoms with Gasteiger partial charge in [0, 0.05) is 27.5 Å². The molecule has 0 radical (unpaired) electrons. The van der Waals surface area contributed by atoms with Crippen molar-refractivity contribution in [3.05, 3.63) is 72.2 Å². The lowest BCUT2D eigenvalue weighted by Crippen LogP contribution is -2.26. The minimum Gasteiger partial charge on any atom is -0.488 e. The van der Waals surface area contributed by atoms with Crippen molar-refractivity contribution >= 4 is 60.4 Å². The predicted molar refractivity (Wildman–Crippen MR) is 129 cm³/mol. The lowest BCUT2D eigenvalue weighted by Gasteiger charge is -2.13. The number of halogens is 3. The quantitative estimate of drug-likeness (QED) is 0.294. The Hall–Kier alpha value is -1.34. The van der Waals surface area contributed by atoms with Gasteiger partial charge in [0.05, 0.1) is 3.57 Å². The van der Waals surface area contributed by atoms with Gasteiger partial charge in [-0.15, -0.1) is 0 Å². The molecule has 2 aromatic carbocycles. The van der Waals surface area contributed by atoms with E-state index in [1.165, 1.54) is 0 Å². The Morgan fingerprint density at radius 2 is 1.97 bits per heavy atom. The van der Waals surface area contributed by atoms with E-state index in [1.54, 1.807) is 13.0 Å². The van der Waals surface area contributed by atoms with Gasteiger partial charge in [-0.2, -0.15) is 0 Å². The van der Waals surface area contributed by atoms with Crippen molar-refractivity contribution in [3.63, 3.8) is 0 Å². The zero-order valence-corrected chi connectivity index (χ0v) is 21.0. The maximum Gasteiger partial charge on any atom is 0.333 e. The Bertz CT molecular complexity index is 927. The van der Waals surface area contributed by atoms with E-state index in [0.29, 0.717) is 19.6 Å². The molecule has 4 nitrogen and oxygen atoms in total. The molecule has 7 heteroatoms. The molecule has 1 N–H and O–H groups in total. The first-order valence-corrected chi connectivity index (χ1v) is 11.4. The summed E-state index contributed by atoms with van der Waals surface area (Å²) in [7, 11) is 0. The minimum atomic E-state index is -0.955. The summed E-state index contributed by atoms with van der Waals surface area (Å²) in [4.78, 5) is 11.2. The lowest BCUT2D eigenvalue weighted by molar-refractivity contribution is -0.149. The van der Waals surface area contributed by atoms with Crippen molar-refractivity contribution in [1.29, 1.82) is 0 Å². The van der Waals surface area contributed by atoms with Crippen LogP contribution in [0.3, 0.4) is 0 Å². The average molecular weight is 634 g/mol. The molecule has 0 spiro atoms. The summed E-state index contributed by atoms with van der Waals surface area (Å²) < 4.78 is 13.9. The molecule has 0 amide bonds. The first-order chi connectivity index (χ1) is 13.9. The summed E-state index contributed by atoms with van der Waals surface area (Å²) in [5.41, 5.74) is 1.80. The summed E-state index contributed by atoms with van der Waals surface area (Å²) in [6, 6.07) is 11.5. The fourth-order valence-corrected chi connectivity index (χ4v) is 4.45. The molecular weight excluding hydrogens is 615 g/mol. The monoisotopic (exact) mass is 632 g/mol. The molecule has 0 unspecified atom stereocenters. The number of allylic oxidation sites excluding steroid dienone is 1. The van der Waals surface area contributed by atoms with Gasteiger partial charge in [0.1, 0.15) is 12.4 Å². The van der Waals surface area contributed by atoms with Gasteiger partial charge in [0.15, 0.2) is 6.10 Å². The van der Waals surface area contributed by atoms with Crippen LogP contribution >= 0.6 is 54.5 Å². The Labute approximate surface area is 201 Å². The van der Waals surface area contributed by atoms with Crippen molar-refractivity contribution in [2.45, 2.75) is 19.4 Å². The smallest absolute Gasteiger partial charge is 0.333 e. The first-order valence-electron chi connectivity index (χ1n) is 8.77. The van der Waals surface area contributed by atoms with Crippen LogP contribution in [-0.2, 0) is 16.0 Å². The van der Waals surface area contributed by atoms with Crippen LogP contribution in [0.1, 0.15) is 18.1 Å². The van der Waals surface area contributed by atoms with Gasteiger partial charge in [-0.25, -0.2) is 4.79 Å². The van der Waals surface area contributed by atoms with Crippen molar-refractivity contribution in [3.8, 4) is 17.6 Å². The number of carboxylic acid groups (broad SMARTS) is 1. The van der Waals surface area contributed by atoms with Crippen molar-refractivity contribution in [2.24, 2.45) is 0 Å². The highest BCUT2D eigenvalue weighted by Gasteiger charge is 2.18. The van der Waals surface area contributed by atoms with Gasteiger partial charge < -0.3 is 14.6 Å². The van der Waals surface area contributed by atoms with Gasteiger partial charge in [0.2, 0.25) is 0 Å². The second-order valence-electron chi connectivity index (χ2n) is 5.89.